The van der Waals surface area contributed by atoms with Crippen LogP contribution in [0, 0.1) is 35.9 Å². The van der Waals surface area contributed by atoms with Gasteiger partial charge in [0.1, 0.15) is 35.7 Å². The molecule has 0 saturated carbocycles. The summed E-state index contributed by atoms with van der Waals surface area (Å²) < 4.78 is 35.4. The second-order valence-corrected chi connectivity index (χ2v) is 22.7. The van der Waals surface area contributed by atoms with Crippen LogP contribution in [0.3, 0.4) is 0 Å². The number of fused-ring (bicyclic) bond motifs is 2. The topological polar surface area (TPSA) is 224 Å². The number of aromatic nitrogens is 4. The number of nitriles is 1. The van der Waals surface area contributed by atoms with Crippen molar-refractivity contribution in [2.45, 2.75) is 83.5 Å². The highest BCUT2D eigenvalue weighted by Crippen LogP contribution is 2.43. The number of ether oxygens (including phenoxy) is 2. The summed E-state index contributed by atoms with van der Waals surface area (Å²) in [7, 11) is 0. The van der Waals surface area contributed by atoms with E-state index >= 15 is 4.39 Å². The van der Waals surface area contributed by atoms with E-state index in [-0.39, 0.29) is 108 Å². The van der Waals surface area contributed by atoms with Gasteiger partial charge >= 0.3 is 6.01 Å². The number of halogens is 2. The number of phenols is 1. The van der Waals surface area contributed by atoms with Crippen LogP contribution in [0.1, 0.15) is 75.4 Å². The average molecular weight is 1140 g/mol. The van der Waals surface area contributed by atoms with Crippen LogP contribution in [0.5, 0.6) is 17.6 Å². The van der Waals surface area contributed by atoms with Gasteiger partial charge in [0.15, 0.2) is 11.6 Å². The van der Waals surface area contributed by atoms with E-state index in [0.29, 0.717) is 53.0 Å². The molecule has 0 bridgehead atoms. The number of phenolic OH excluding ortho intramolecular Hbond substituents is 1. The zero-order valence-electron chi connectivity index (χ0n) is 45.6. The van der Waals surface area contributed by atoms with E-state index in [1.54, 1.807) is 34.4 Å². The van der Waals surface area contributed by atoms with Gasteiger partial charge in [0.25, 0.3) is 5.88 Å². The third kappa shape index (κ3) is 12.2. The summed E-state index contributed by atoms with van der Waals surface area (Å²) in [5.74, 6) is -1.65. The number of nitrogens with zero attached hydrogens (tertiary/aromatic N) is 9. The lowest BCUT2D eigenvalue weighted by Gasteiger charge is -2.41. The van der Waals surface area contributed by atoms with Crippen LogP contribution in [0.15, 0.2) is 95.5 Å². The first-order valence-corrected chi connectivity index (χ1v) is 28.5. The van der Waals surface area contributed by atoms with Crippen LogP contribution in [-0.4, -0.2) is 140 Å². The number of hydrogen-bond donors (Lipinski definition) is 3. The zero-order valence-corrected chi connectivity index (χ0v) is 47.1. The Kier molecular flexibility index (Phi) is 17.2. The average Bonchev–Trinajstić information content (AvgIpc) is 4.33. The third-order valence-corrected chi connectivity index (χ3v) is 17.0. The molecule has 422 valence electrons. The molecule has 0 radical (unpaired) electrons. The molecular formula is C60H64ClFN10O8S. The number of hydrogen-bond acceptors (Lipinski definition) is 16. The number of thiazole rings is 1. The summed E-state index contributed by atoms with van der Waals surface area (Å²) in [5.41, 5.74) is 5.14. The Balaban J connectivity index is 0.763. The molecule has 4 aromatic carbocycles. The van der Waals surface area contributed by atoms with Crippen LogP contribution in [0.25, 0.3) is 43.2 Å². The van der Waals surface area contributed by atoms with Crippen molar-refractivity contribution < 1.29 is 43.0 Å². The molecule has 3 fully saturated rings. The van der Waals surface area contributed by atoms with E-state index in [0.717, 1.165) is 47.6 Å². The molecule has 6 heterocycles. The van der Waals surface area contributed by atoms with Gasteiger partial charge in [0, 0.05) is 56.2 Å². The van der Waals surface area contributed by atoms with Gasteiger partial charge in [-0.05, 0) is 109 Å². The van der Waals surface area contributed by atoms with E-state index in [2.05, 4.69) is 38.0 Å². The maximum Gasteiger partial charge on any atom is 0.319 e. The molecule has 0 spiro atoms. The molecule has 81 heavy (non-hydrogen) atoms. The van der Waals surface area contributed by atoms with Crippen molar-refractivity contribution in [3.63, 3.8) is 0 Å². The van der Waals surface area contributed by atoms with Crippen LogP contribution < -0.4 is 19.7 Å². The lowest BCUT2D eigenvalue weighted by molar-refractivity contribution is -0.141. The first kappa shape index (κ1) is 56.6. The normalized spacial score (nSPS) is 18.8. The second kappa shape index (κ2) is 24.6. The molecule has 3 amide bonds. The predicted octanol–water partition coefficient (Wildman–Crippen LogP) is 9.23. The number of carbonyl (C=O) groups excluding carboxylic acids is 3. The Hall–Kier alpha value is -7.70. The lowest BCUT2D eigenvalue weighted by Crippen LogP contribution is -2.55. The molecule has 5 atom stereocenters. The van der Waals surface area contributed by atoms with E-state index < -0.39 is 29.9 Å². The largest absolute Gasteiger partial charge is 0.508 e. The third-order valence-electron chi connectivity index (χ3n) is 15.7. The van der Waals surface area contributed by atoms with Crippen LogP contribution in [0.4, 0.5) is 10.2 Å². The standard InChI is InChI=1S/C60H64ClFN10O8S/c1-6-51(75)71-22-21-70(30-41(71)15-18-63)57-46-28-47(61)53(45-26-42(73)25-40-9-7-8-10-44(40)45)54(62)55(46)66-60(67-57)78-24-23-69-19-16-37(17-20-69)32-79-50-29-49(80-68-50)52(34(2)3)59(77)72-31-43(74)27-48(72)58(76)65-35(4)38-11-13-39(14-12-38)56-36(5)64-33-81-56/h6-14,25-26,28-29,33-35,37,41,43,48,52,73-74H,1,15-17,19-24,27,30-32H2,2-5H3,(H,65,76)/t35-,41-,43-,48-,52+/m0/s1. The van der Waals surface area contributed by atoms with Gasteiger partial charge in [0.05, 0.1) is 58.4 Å². The summed E-state index contributed by atoms with van der Waals surface area (Å²) in [5, 5.41) is 40.2. The number of likely N-dealkylation sites (tertiary alicyclic amines) is 2. The lowest BCUT2D eigenvalue weighted by atomic mass is 9.91. The van der Waals surface area contributed by atoms with Crippen molar-refractivity contribution in [2.75, 3.05) is 63.9 Å². The fraction of sp³-hybridized carbons (Fsp3) is 0.400. The van der Waals surface area contributed by atoms with E-state index in [4.69, 9.17) is 30.6 Å². The van der Waals surface area contributed by atoms with E-state index in [9.17, 15) is 29.9 Å². The molecule has 0 unspecified atom stereocenters. The first-order valence-electron chi connectivity index (χ1n) is 27.3. The molecule has 18 nitrogen and oxygen atoms in total. The number of piperidine rings is 1. The van der Waals surface area contributed by atoms with Crippen LogP contribution in [-0.2, 0) is 14.4 Å². The number of carbonyl (C=O) groups is 3. The SMILES string of the molecule is C=CC(=O)N1CCN(c2nc(OCCN3CCC(COc4cc([C@H](C(=O)N5C[C@@H](O)C[C@H]5C(=O)N[C@@H](C)c5ccc(-c6scnc6C)cc5)C(C)C)on4)CC3)nc3c(F)c(-c4cc(O)cc5ccccc45)c(Cl)cc23)C[C@@H]1CC#N. The molecule has 3 aliphatic rings. The van der Waals surface area contributed by atoms with Gasteiger partial charge in [-0.1, -0.05) is 80.6 Å². The molecule has 3 N–H and O–H groups in total. The molecule has 0 aliphatic carbocycles. The highest BCUT2D eigenvalue weighted by molar-refractivity contribution is 7.13. The van der Waals surface area contributed by atoms with Gasteiger partial charge in [-0.25, -0.2) is 9.37 Å². The first-order chi connectivity index (χ1) is 39.1. The number of aryl methyl sites for hydroxylation is 1. The fourth-order valence-electron chi connectivity index (χ4n) is 11.4. The molecular weight excluding hydrogens is 1080 g/mol. The number of nitrogens with one attached hydrogen (secondary N) is 1. The number of aliphatic hydroxyl groups is 1. The summed E-state index contributed by atoms with van der Waals surface area (Å²) in [6.07, 6.45) is 2.16. The van der Waals surface area contributed by atoms with Crippen molar-refractivity contribution in [1.82, 2.24) is 40.1 Å². The maximum atomic E-state index is 17.3. The van der Waals surface area contributed by atoms with Crippen molar-refractivity contribution in [2.24, 2.45) is 11.8 Å². The molecule has 3 aromatic heterocycles. The van der Waals surface area contributed by atoms with E-state index in [1.165, 1.54) is 17.0 Å². The Labute approximate surface area is 477 Å². The second-order valence-electron chi connectivity index (χ2n) is 21.4. The van der Waals surface area contributed by atoms with Gasteiger partial charge in [0.2, 0.25) is 17.7 Å². The summed E-state index contributed by atoms with van der Waals surface area (Å²) in [6, 6.07) is 22.0. The minimum atomic E-state index is -0.872. The molecule has 3 aliphatic heterocycles. The van der Waals surface area contributed by atoms with Gasteiger partial charge in [-0.15, -0.1) is 11.3 Å². The van der Waals surface area contributed by atoms with Gasteiger partial charge in [-0.3, -0.25) is 19.3 Å². The van der Waals surface area contributed by atoms with Crippen LogP contribution >= 0.6 is 22.9 Å². The number of rotatable bonds is 18. The number of benzene rings is 4. The summed E-state index contributed by atoms with van der Waals surface area (Å²) >= 11 is 8.53. The monoisotopic (exact) mass is 1140 g/mol. The maximum absolute atomic E-state index is 17.3. The van der Waals surface area contributed by atoms with E-state index in [1.807, 2.05) is 86.6 Å². The highest BCUT2D eigenvalue weighted by Gasteiger charge is 2.44. The quantitative estimate of drug-likeness (QED) is 0.0681. The number of aliphatic hydroxyl groups excluding tert-OH is 1. The minimum absolute atomic E-state index is 0.0137. The van der Waals surface area contributed by atoms with Gasteiger partial charge in [-0.2, -0.15) is 15.2 Å². The van der Waals surface area contributed by atoms with Crippen molar-refractivity contribution in [3.8, 4) is 45.3 Å². The molecule has 7 aromatic rings. The Morgan fingerprint density at radius 3 is 2.51 bits per heavy atom. The Morgan fingerprint density at radius 1 is 1.00 bits per heavy atom. The summed E-state index contributed by atoms with van der Waals surface area (Å²) in [6.45, 7) is 14.7. The smallest absolute Gasteiger partial charge is 0.319 e. The fourth-order valence-corrected chi connectivity index (χ4v) is 12.5. The number of aromatic hydroxyl groups is 1. The molecule has 21 heteroatoms. The molecule has 3 saturated heterocycles. The Bertz CT molecular complexity index is 3510. The van der Waals surface area contributed by atoms with Crippen LogP contribution in [0.2, 0.25) is 5.02 Å². The minimum Gasteiger partial charge on any atom is -0.508 e. The molecule has 10 rings (SSSR count). The number of anilines is 1. The van der Waals surface area contributed by atoms with Crippen molar-refractivity contribution >= 4 is 68.2 Å². The predicted molar refractivity (Wildman–Crippen MR) is 306 cm³/mol. The summed E-state index contributed by atoms with van der Waals surface area (Å²) in [4.78, 5) is 63.1. The van der Waals surface area contributed by atoms with Gasteiger partial charge < -0.3 is 44.2 Å². The Morgan fingerprint density at radius 2 is 1.78 bits per heavy atom. The van der Waals surface area contributed by atoms with Crippen molar-refractivity contribution in [1.29, 1.82) is 5.26 Å². The number of amides is 3. The number of piperazine rings is 1. The van der Waals surface area contributed by atoms with Crippen molar-refractivity contribution in [3.05, 3.63) is 119 Å². The zero-order chi connectivity index (χ0) is 57.1. The highest BCUT2D eigenvalue weighted by atomic mass is 35.5. The number of β-amino-alcohol motifs (C(OH)–C–C–N with tert-alkyl or cyclic N) is 1.